The van der Waals surface area contributed by atoms with E-state index < -0.39 is 0 Å². The van der Waals surface area contributed by atoms with Crippen molar-refractivity contribution in [1.82, 2.24) is 15.0 Å². The molecule has 0 radical (unpaired) electrons. The van der Waals surface area contributed by atoms with E-state index in [9.17, 15) is 5.11 Å². The summed E-state index contributed by atoms with van der Waals surface area (Å²) >= 11 is 0. The first-order valence-corrected chi connectivity index (χ1v) is 8.32. The van der Waals surface area contributed by atoms with Crippen LogP contribution in [0.3, 0.4) is 0 Å². The highest BCUT2D eigenvalue weighted by molar-refractivity contribution is 5.55. The van der Waals surface area contributed by atoms with Crippen LogP contribution in [-0.4, -0.2) is 33.2 Å². The molecule has 0 unspecified atom stereocenters. The van der Waals surface area contributed by atoms with E-state index in [0.29, 0.717) is 17.2 Å². The molecule has 0 amide bonds. The van der Waals surface area contributed by atoms with Gasteiger partial charge < -0.3 is 10.4 Å². The maximum Gasteiger partial charge on any atom is 0.226 e. The van der Waals surface area contributed by atoms with Crippen molar-refractivity contribution in [1.29, 1.82) is 0 Å². The van der Waals surface area contributed by atoms with Crippen LogP contribution in [-0.2, 0) is 0 Å². The Morgan fingerprint density at radius 2 is 1.87 bits per heavy atom. The topological polar surface area (TPSA) is 70.9 Å². The molecule has 120 valence electrons. The number of benzene rings is 1. The summed E-state index contributed by atoms with van der Waals surface area (Å²) in [6.07, 6.45) is 7.80. The monoisotopic (exact) mass is 310 g/mol. The predicted molar refractivity (Wildman–Crippen MR) is 88.8 cm³/mol. The van der Waals surface area contributed by atoms with Gasteiger partial charge in [-0.3, -0.25) is 0 Å². The fourth-order valence-electron chi connectivity index (χ4n) is 4.24. The zero-order chi connectivity index (χ0) is 15.8. The van der Waals surface area contributed by atoms with Crippen molar-refractivity contribution >= 4 is 5.95 Å². The van der Waals surface area contributed by atoms with E-state index >= 15 is 0 Å². The summed E-state index contributed by atoms with van der Waals surface area (Å²) in [6.45, 7) is 0.960. The molecule has 5 heteroatoms. The summed E-state index contributed by atoms with van der Waals surface area (Å²) < 4.78 is 0. The first kappa shape index (κ1) is 14.6. The first-order valence-electron chi connectivity index (χ1n) is 8.32. The molecule has 1 aromatic heterocycles. The number of aliphatic hydroxyl groups is 1. The molecule has 2 aliphatic rings. The lowest BCUT2D eigenvalue weighted by molar-refractivity contribution is -0.113. The van der Waals surface area contributed by atoms with E-state index in [-0.39, 0.29) is 12.0 Å². The molecule has 0 atom stereocenters. The Morgan fingerprint density at radius 1 is 1.09 bits per heavy atom. The largest absolute Gasteiger partial charge is 0.396 e. The van der Waals surface area contributed by atoms with Crippen LogP contribution in [0.5, 0.6) is 0 Å². The van der Waals surface area contributed by atoms with E-state index in [1.54, 1.807) is 0 Å². The molecule has 0 saturated heterocycles. The third-order valence-corrected chi connectivity index (χ3v) is 5.47. The summed E-state index contributed by atoms with van der Waals surface area (Å²) in [5, 5.41) is 13.1. The number of aromatic nitrogens is 3. The maximum atomic E-state index is 9.81. The number of anilines is 1. The molecule has 0 bridgehead atoms. The molecule has 2 fully saturated rings. The van der Waals surface area contributed by atoms with Gasteiger partial charge in [0.1, 0.15) is 6.33 Å². The number of nitrogens with one attached hydrogen (secondary N) is 1. The van der Waals surface area contributed by atoms with E-state index in [1.807, 2.05) is 30.3 Å². The normalized spacial score (nSPS) is 20.6. The highest BCUT2D eigenvalue weighted by Crippen LogP contribution is 2.64. The summed E-state index contributed by atoms with van der Waals surface area (Å²) in [5.41, 5.74) is 1.52. The van der Waals surface area contributed by atoms with E-state index in [4.69, 9.17) is 0 Å². The van der Waals surface area contributed by atoms with Crippen molar-refractivity contribution in [2.45, 2.75) is 32.1 Å². The zero-order valence-corrected chi connectivity index (χ0v) is 13.2. The van der Waals surface area contributed by atoms with Gasteiger partial charge in [0.05, 0.1) is 6.61 Å². The zero-order valence-electron chi connectivity index (χ0n) is 13.2. The molecule has 2 saturated carbocycles. The molecular formula is C18H22N4O. The van der Waals surface area contributed by atoms with Gasteiger partial charge >= 0.3 is 0 Å². The minimum Gasteiger partial charge on any atom is -0.396 e. The van der Waals surface area contributed by atoms with E-state index in [0.717, 1.165) is 24.9 Å². The molecule has 1 heterocycles. The highest BCUT2D eigenvalue weighted by atomic mass is 16.3. The van der Waals surface area contributed by atoms with Gasteiger partial charge in [0.15, 0.2) is 5.82 Å². The average Bonchev–Trinajstić information content (AvgIpc) is 2.54. The number of rotatable bonds is 5. The quantitative estimate of drug-likeness (QED) is 0.888. The Balaban J connectivity index is 1.43. The second-order valence-corrected chi connectivity index (χ2v) is 7.22. The van der Waals surface area contributed by atoms with Crippen LogP contribution in [0, 0.1) is 10.8 Å². The van der Waals surface area contributed by atoms with Gasteiger partial charge in [-0.1, -0.05) is 36.8 Å². The van der Waals surface area contributed by atoms with Crippen molar-refractivity contribution in [2.24, 2.45) is 10.8 Å². The van der Waals surface area contributed by atoms with Crippen LogP contribution in [0.1, 0.15) is 32.1 Å². The third kappa shape index (κ3) is 2.70. The van der Waals surface area contributed by atoms with Crippen molar-refractivity contribution in [2.75, 3.05) is 18.5 Å². The van der Waals surface area contributed by atoms with Crippen molar-refractivity contribution in [3.63, 3.8) is 0 Å². The minimum atomic E-state index is -0.0000394. The number of hydrogen-bond acceptors (Lipinski definition) is 5. The van der Waals surface area contributed by atoms with Gasteiger partial charge in [0.25, 0.3) is 0 Å². The van der Waals surface area contributed by atoms with Crippen LogP contribution in [0.4, 0.5) is 5.95 Å². The molecule has 0 aliphatic heterocycles. The summed E-state index contributed by atoms with van der Waals surface area (Å²) in [6, 6.07) is 9.89. The highest BCUT2D eigenvalue weighted by Gasteiger charge is 2.56. The smallest absolute Gasteiger partial charge is 0.226 e. The summed E-state index contributed by atoms with van der Waals surface area (Å²) in [5.74, 6) is 1.26. The lowest BCUT2D eigenvalue weighted by Gasteiger charge is -2.60. The second-order valence-electron chi connectivity index (χ2n) is 7.22. The molecule has 4 rings (SSSR count). The third-order valence-electron chi connectivity index (χ3n) is 5.47. The Labute approximate surface area is 136 Å². The SMILES string of the molecule is OCC1(CNc2ncnc(-c3ccccc3)n2)CC2(CCC2)C1. The summed E-state index contributed by atoms with van der Waals surface area (Å²) in [4.78, 5) is 13.0. The van der Waals surface area contributed by atoms with Crippen molar-refractivity contribution < 1.29 is 5.11 Å². The molecule has 1 spiro atoms. The first-order chi connectivity index (χ1) is 11.2. The van der Waals surface area contributed by atoms with Crippen molar-refractivity contribution in [3.8, 4) is 11.4 Å². The van der Waals surface area contributed by atoms with Gasteiger partial charge in [-0.2, -0.15) is 4.98 Å². The van der Waals surface area contributed by atoms with Gasteiger partial charge in [-0.15, -0.1) is 0 Å². The number of aliphatic hydroxyl groups excluding tert-OH is 1. The van der Waals surface area contributed by atoms with Gasteiger partial charge in [-0.25, -0.2) is 9.97 Å². The Kier molecular flexibility index (Phi) is 3.53. The Bertz CT molecular complexity index is 676. The molecule has 2 aliphatic carbocycles. The van der Waals surface area contributed by atoms with Gasteiger partial charge in [0, 0.05) is 17.5 Å². The molecule has 2 aromatic rings. The summed E-state index contributed by atoms with van der Waals surface area (Å²) in [7, 11) is 0. The Morgan fingerprint density at radius 3 is 2.52 bits per heavy atom. The lowest BCUT2D eigenvalue weighted by atomic mass is 9.45. The van der Waals surface area contributed by atoms with Gasteiger partial charge in [0.2, 0.25) is 5.95 Å². The molecule has 5 nitrogen and oxygen atoms in total. The number of hydrogen-bond donors (Lipinski definition) is 2. The molecule has 1 aromatic carbocycles. The van der Waals surface area contributed by atoms with E-state index in [2.05, 4.69) is 20.3 Å². The van der Waals surface area contributed by atoms with Crippen LogP contribution in [0.25, 0.3) is 11.4 Å². The van der Waals surface area contributed by atoms with Crippen LogP contribution >= 0.6 is 0 Å². The lowest BCUT2D eigenvalue weighted by Crippen LogP contribution is -2.55. The average molecular weight is 310 g/mol. The molecular weight excluding hydrogens is 288 g/mol. The van der Waals surface area contributed by atoms with Crippen LogP contribution < -0.4 is 5.32 Å². The van der Waals surface area contributed by atoms with Gasteiger partial charge in [-0.05, 0) is 31.1 Å². The fraction of sp³-hybridized carbons (Fsp3) is 0.500. The number of nitrogens with zero attached hydrogens (tertiary/aromatic N) is 3. The predicted octanol–water partition coefficient (Wildman–Crippen LogP) is 2.89. The Hall–Kier alpha value is -2.01. The maximum absolute atomic E-state index is 9.81. The minimum absolute atomic E-state index is 0.0000394. The second kappa shape index (κ2) is 5.57. The van der Waals surface area contributed by atoms with Crippen LogP contribution in [0.15, 0.2) is 36.7 Å². The molecule has 23 heavy (non-hydrogen) atoms. The fourth-order valence-corrected chi connectivity index (χ4v) is 4.24. The van der Waals surface area contributed by atoms with E-state index in [1.165, 1.54) is 25.6 Å². The standard InChI is InChI=1S/C18H22N4O/c23-12-18(9-17(10-18)7-4-8-17)11-19-16-21-13-20-15(22-16)14-5-2-1-3-6-14/h1-3,5-6,13,23H,4,7-12H2,(H,19,20,21,22). The van der Waals surface area contributed by atoms with Crippen molar-refractivity contribution in [3.05, 3.63) is 36.7 Å². The van der Waals surface area contributed by atoms with Crippen LogP contribution in [0.2, 0.25) is 0 Å². The molecule has 2 N–H and O–H groups in total.